The number of phenolic OH excluding ortho intramolecular Hbond substituents is 1. The minimum absolute atomic E-state index is 0.309. The van der Waals surface area contributed by atoms with E-state index < -0.39 is 0 Å². The first-order valence-electron chi connectivity index (χ1n) is 3.45. The van der Waals surface area contributed by atoms with Crippen molar-refractivity contribution < 1.29 is 5.11 Å². The van der Waals surface area contributed by atoms with Crippen LogP contribution in [-0.2, 0) is 0 Å². The number of phenols is 1. The van der Waals surface area contributed by atoms with Gasteiger partial charge in [-0.1, -0.05) is 18.2 Å². The highest BCUT2D eigenvalue weighted by molar-refractivity contribution is 5.83. The molecule has 0 heterocycles. The zero-order valence-corrected chi connectivity index (χ0v) is 5.91. The maximum atomic E-state index is 9.12. The molecule has 0 spiro atoms. The normalized spacial score (nSPS) is 10.2. The molecule has 0 bridgehead atoms. The fraction of sp³-hybridized carbons (Fsp3) is 0. The van der Waals surface area contributed by atoms with E-state index in [0.29, 0.717) is 5.75 Å². The third kappa shape index (κ3) is 1.05. The molecular formula is C10H7O. The summed E-state index contributed by atoms with van der Waals surface area (Å²) in [4.78, 5) is 0. The first-order valence-corrected chi connectivity index (χ1v) is 3.45. The van der Waals surface area contributed by atoms with E-state index in [1.165, 1.54) is 0 Å². The van der Waals surface area contributed by atoms with Gasteiger partial charge in [-0.25, -0.2) is 0 Å². The second-order valence-electron chi connectivity index (χ2n) is 2.46. The van der Waals surface area contributed by atoms with Crippen molar-refractivity contribution in [2.75, 3.05) is 0 Å². The topological polar surface area (TPSA) is 20.2 Å². The van der Waals surface area contributed by atoms with E-state index in [1.54, 1.807) is 12.1 Å². The lowest BCUT2D eigenvalue weighted by molar-refractivity contribution is 0.476. The molecule has 2 aromatic rings. The summed E-state index contributed by atoms with van der Waals surface area (Å²) in [6.07, 6.45) is 0. The Hall–Kier alpha value is -1.50. The lowest BCUT2D eigenvalue weighted by Crippen LogP contribution is -1.70. The summed E-state index contributed by atoms with van der Waals surface area (Å²) in [5, 5.41) is 11.3. The van der Waals surface area contributed by atoms with Crippen LogP contribution in [0.1, 0.15) is 0 Å². The molecule has 2 rings (SSSR count). The molecule has 1 N–H and O–H groups in total. The van der Waals surface area contributed by atoms with Crippen LogP contribution in [-0.4, -0.2) is 5.11 Å². The molecular weight excluding hydrogens is 136 g/mol. The van der Waals surface area contributed by atoms with Crippen molar-refractivity contribution in [2.24, 2.45) is 0 Å². The summed E-state index contributed by atoms with van der Waals surface area (Å²) < 4.78 is 0. The average Bonchev–Trinajstić information content (AvgIpc) is 2.04. The van der Waals surface area contributed by atoms with Crippen LogP contribution in [0.4, 0.5) is 0 Å². The smallest absolute Gasteiger partial charge is 0.116 e. The van der Waals surface area contributed by atoms with Crippen molar-refractivity contribution in [2.45, 2.75) is 0 Å². The summed E-state index contributed by atoms with van der Waals surface area (Å²) in [5.41, 5.74) is 0. The average molecular weight is 143 g/mol. The predicted molar refractivity (Wildman–Crippen MR) is 44.4 cm³/mol. The lowest BCUT2D eigenvalue weighted by atomic mass is 10.1. The highest BCUT2D eigenvalue weighted by Gasteiger charge is 1.91. The van der Waals surface area contributed by atoms with Crippen LogP contribution in [0.25, 0.3) is 10.8 Å². The molecule has 0 aliphatic heterocycles. The minimum atomic E-state index is 0.309. The van der Waals surface area contributed by atoms with Crippen LogP contribution in [0.3, 0.4) is 0 Å². The largest absolute Gasteiger partial charge is 0.508 e. The maximum absolute atomic E-state index is 9.12. The maximum Gasteiger partial charge on any atom is 0.116 e. The van der Waals surface area contributed by atoms with Crippen LogP contribution in [0, 0.1) is 6.07 Å². The van der Waals surface area contributed by atoms with Crippen molar-refractivity contribution in [3.63, 3.8) is 0 Å². The summed E-state index contributed by atoms with van der Waals surface area (Å²) in [6, 6.07) is 13.9. The Labute approximate surface area is 64.9 Å². The van der Waals surface area contributed by atoms with Crippen molar-refractivity contribution in [1.29, 1.82) is 0 Å². The lowest BCUT2D eigenvalue weighted by Gasteiger charge is -1.95. The number of benzene rings is 2. The van der Waals surface area contributed by atoms with Crippen molar-refractivity contribution in [1.82, 2.24) is 0 Å². The summed E-state index contributed by atoms with van der Waals surface area (Å²) in [6.45, 7) is 0. The molecule has 0 unspecified atom stereocenters. The molecule has 0 amide bonds. The zero-order chi connectivity index (χ0) is 7.68. The summed E-state index contributed by atoms with van der Waals surface area (Å²) >= 11 is 0. The molecule has 0 aromatic heterocycles. The third-order valence-electron chi connectivity index (χ3n) is 1.67. The number of rotatable bonds is 0. The van der Waals surface area contributed by atoms with Crippen LogP contribution >= 0.6 is 0 Å². The van der Waals surface area contributed by atoms with Gasteiger partial charge in [-0.05, 0) is 35.0 Å². The molecule has 0 atom stereocenters. The van der Waals surface area contributed by atoms with E-state index in [4.69, 9.17) is 5.11 Å². The van der Waals surface area contributed by atoms with Crippen LogP contribution < -0.4 is 0 Å². The van der Waals surface area contributed by atoms with Crippen LogP contribution in [0.15, 0.2) is 36.4 Å². The van der Waals surface area contributed by atoms with Gasteiger partial charge in [0.1, 0.15) is 5.75 Å². The van der Waals surface area contributed by atoms with Crippen molar-refractivity contribution in [3.05, 3.63) is 42.5 Å². The van der Waals surface area contributed by atoms with Gasteiger partial charge in [-0.2, -0.15) is 0 Å². The molecule has 1 nitrogen and oxygen atoms in total. The Morgan fingerprint density at radius 1 is 1.09 bits per heavy atom. The Bertz CT molecular complexity index is 379. The summed E-state index contributed by atoms with van der Waals surface area (Å²) in [7, 11) is 0. The van der Waals surface area contributed by atoms with E-state index in [0.717, 1.165) is 10.8 Å². The van der Waals surface area contributed by atoms with Gasteiger partial charge in [0, 0.05) is 0 Å². The first kappa shape index (κ1) is 6.23. The van der Waals surface area contributed by atoms with E-state index >= 15 is 0 Å². The van der Waals surface area contributed by atoms with E-state index in [1.807, 2.05) is 24.3 Å². The van der Waals surface area contributed by atoms with Gasteiger partial charge in [0.2, 0.25) is 0 Å². The Balaban J connectivity index is 2.83. The number of fused-ring (bicyclic) bond motifs is 1. The fourth-order valence-electron chi connectivity index (χ4n) is 1.11. The van der Waals surface area contributed by atoms with Gasteiger partial charge in [0.05, 0.1) is 0 Å². The molecule has 0 fully saturated rings. The molecule has 1 radical (unpaired) electrons. The highest BCUT2D eigenvalue weighted by atomic mass is 16.3. The SMILES string of the molecule is Oc1ccc2c[c]ccc2c1. The fourth-order valence-corrected chi connectivity index (χ4v) is 1.11. The predicted octanol–water partition coefficient (Wildman–Crippen LogP) is 2.35. The molecule has 0 saturated heterocycles. The first-order chi connectivity index (χ1) is 5.36. The van der Waals surface area contributed by atoms with E-state index in [-0.39, 0.29) is 0 Å². The van der Waals surface area contributed by atoms with Gasteiger partial charge < -0.3 is 5.11 Å². The third-order valence-corrected chi connectivity index (χ3v) is 1.67. The Kier molecular flexibility index (Phi) is 1.29. The molecule has 1 heteroatoms. The molecule has 0 aliphatic carbocycles. The van der Waals surface area contributed by atoms with E-state index in [9.17, 15) is 0 Å². The number of hydrogen-bond donors (Lipinski definition) is 1. The summed E-state index contributed by atoms with van der Waals surface area (Å²) in [5.74, 6) is 0.309. The molecule has 2 aromatic carbocycles. The Morgan fingerprint density at radius 3 is 2.91 bits per heavy atom. The Morgan fingerprint density at radius 2 is 2.00 bits per heavy atom. The quantitative estimate of drug-likeness (QED) is 0.600. The van der Waals surface area contributed by atoms with Crippen molar-refractivity contribution >= 4 is 10.8 Å². The minimum Gasteiger partial charge on any atom is -0.508 e. The van der Waals surface area contributed by atoms with Gasteiger partial charge in [0.15, 0.2) is 0 Å². The van der Waals surface area contributed by atoms with E-state index in [2.05, 4.69) is 6.07 Å². The number of aromatic hydroxyl groups is 1. The van der Waals surface area contributed by atoms with Gasteiger partial charge in [0.25, 0.3) is 0 Å². The van der Waals surface area contributed by atoms with Crippen LogP contribution in [0.5, 0.6) is 5.75 Å². The highest BCUT2D eigenvalue weighted by Crippen LogP contribution is 2.18. The van der Waals surface area contributed by atoms with Gasteiger partial charge in [-0.3, -0.25) is 0 Å². The van der Waals surface area contributed by atoms with Gasteiger partial charge >= 0.3 is 0 Å². The monoisotopic (exact) mass is 143 g/mol. The molecule has 0 aliphatic rings. The van der Waals surface area contributed by atoms with Crippen LogP contribution in [0.2, 0.25) is 0 Å². The van der Waals surface area contributed by atoms with Gasteiger partial charge in [-0.15, -0.1) is 0 Å². The molecule has 0 saturated carbocycles. The second kappa shape index (κ2) is 2.27. The number of hydrogen-bond acceptors (Lipinski definition) is 1. The second-order valence-corrected chi connectivity index (χ2v) is 2.46. The zero-order valence-electron chi connectivity index (χ0n) is 5.91. The molecule has 53 valence electrons. The molecule has 11 heavy (non-hydrogen) atoms. The van der Waals surface area contributed by atoms with Crippen molar-refractivity contribution in [3.8, 4) is 5.75 Å². The standard InChI is InChI=1S/C10H7O/c11-10-6-5-8-3-1-2-4-9(8)7-10/h2-7,11H.